The van der Waals surface area contributed by atoms with Crippen LogP contribution in [-0.4, -0.2) is 43.2 Å². The van der Waals surface area contributed by atoms with Crippen molar-refractivity contribution in [3.8, 4) is 5.75 Å². The van der Waals surface area contributed by atoms with E-state index in [2.05, 4.69) is 0 Å². The highest BCUT2D eigenvalue weighted by atomic mass is 16.5. The molecule has 0 saturated heterocycles. The van der Waals surface area contributed by atoms with E-state index in [1.807, 2.05) is 25.9 Å². The molecule has 0 amide bonds. The molecule has 1 rings (SSSR count). The molecule has 16 heavy (non-hydrogen) atoms. The molecule has 4 nitrogen and oxygen atoms in total. The molecule has 0 aliphatic carbocycles. The quantitative estimate of drug-likeness (QED) is 0.824. The van der Waals surface area contributed by atoms with E-state index >= 15 is 0 Å². The molecule has 0 spiro atoms. The molecule has 4 heteroatoms. The van der Waals surface area contributed by atoms with Crippen LogP contribution in [0.25, 0.3) is 0 Å². The SMILES string of the molecule is Cc1ccc(C(=O)O)cc1OCCN(C)C. The van der Waals surface area contributed by atoms with Gasteiger partial charge in [-0.15, -0.1) is 0 Å². The van der Waals surface area contributed by atoms with Crippen LogP contribution in [0.1, 0.15) is 15.9 Å². The van der Waals surface area contributed by atoms with Crippen LogP contribution >= 0.6 is 0 Å². The molecule has 0 radical (unpaired) electrons. The zero-order chi connectivity index (χ0) is 12.1. The second-order valence-electron chi connectivity index (χ2n) is 3.94. The molecule has 0 aromatic heterocycles. The molecule has 0 bridgehead atoms. The van der Waals surface area contributed by atoms with Crippen molar-refractivity contribution >= 4 is 5.97 Å². The molecule has 0 heterocycles. The summed E-state index contributed by atoms with van der Waals surface area (Å²) in [6, 6.07) is 4.90. The molecule has 1 aromatic rings. The maximum Gasteiger partial charge on any atom is 0.335 e. The number of hydrogen-bond donors (Lipinski definition) is 1. The molecule has 0 aliphatic heterocycles. The highest BCUT2D eigenvalue weighted by Gasteiger charge is 2.06. The van der Waals surface area contributed by atoms with Crippen molar-refractivity contribution in [2.75, 3.05) is 27.2 Å². The normalized spacial score (nSPS) is 10.5. The average molecular weight is 223 g/mol. The lowest BCUT2D eigenvalue weighted by Gasteiger charge is -2.13. The van der Waals surface area contributed by atoms with Crippen LogP contribution in [0.15, 0.2) is 18.2 Å². The Morgan fingerprint density at radius 2 is 2.12 bits per heavy atom. The molecule has 0 aliphatic rings. The van der Waals surface area contributed by atoms with Crippen LogP contribution in [0.2, 0.25) is 0 Å². The van der Waals surface area contributed by atoms with Gasteiger partial charge in [0.25, 0.3) is 0 Å². The van der Waals surface area contributed by atoms with Crippen molar-refractivity contribution in [2.24, 2.45) is 0 Å². The first-order valence-corrected chi connectivity index (χ1v) is 5.12. The lowest BCUT2D eigenvalue weighted by Crippen LogP contribution is -2.19. The summed E-state index contributed by atoms with van der Waals surface area (Å²) in [5, 5.41) is 8.85. The van der Waals surface area contributed by atoms with Crippen molar-refractivity contribution < 1.29 is 14.6 Å². The Hall–Kier alpha value is -1.55. The van der Waals surface area contributed by atoms with E-state index in [9.17, 15) is 4.79 Å². The third kappa shape index (κ3) is 3.55. The summed E-state index contributed by atoms with van der Waals surface area (Å²) in [4.78, 5) is 12.8. The van der Waals surface area contributed by atoms with Crippen molar-refractivity contribution in [1.29, 1.82) is 0 Å². The number of nitrogens with zero attached hydrogens (tertiary/aromatic N) is 1. The molecule has 0 atom stereocenters. The molecule has 1 N–H and O–H groups in total. The number of rotatable bonds is 5. The highest BCUT2D eigenvalue weighted by Crippen LogP contribution is 2.19. The predicted molar refractivity (Wildman–Crippen MR) is 62.2 cm³/mol. The Bertz CT molecular complexity index is 375. The molecular formula is C12H17NO3. The van der Waals surface area contributed by atoms with E-state index in [1.165, 1.54) is 0 Å². The number of benzene rings is 1. The standard InChI is InChI=1S/C12H17NO3/c1-9-4-5-10(12(14)15)8-11(9)16-7-6-13(2)3/h4-5,8H,6-7H2,1-3H3,(H,14,15). The Kier molecular flexibility index (Phi) is 4.31. The Morgan fingerprint density at radius 1 is 1.44 bits per heavy atom. The van der Waals surface area contributed by atoms with Crippen LogP contribution < -0.4 is 4.74 Å². The van der Waals surface area contributed by atoms with Gasteiger partial charge in [0, 0.05) is 6.54 Å². The van der Waals surface area contributed by atoms with Crippen molar-refractivity contribution in [1.82, 2.24) is 4.90 Å². The monoisotopic (exact) mass is 223 g/mol. The number of carbonyl (C=O) groups is 1. The fourth-order valence-corrected chi connectivity index (χ4v) is 1.23. The zero-order valence-corrected chi connectivity index (χ0v) is 9.86. The van der Waals surface area contributed by atoms with Crippen LogP contribution in [0.5, 0.6) is 5.75 Å². The largest absolute Gasteiger partial charge is 0.492 e. The van der Waals surface area contributed by atoms with E-state index in [1.54, 1.807) is 18.2 Å². The summed E-state index contributed by atoms with van der Waals surface area (Å²) >= 11 is 0. The summed E-state index contributed by atoms with van der Waals surface area (Å²) < 4.78 is 5.53. The summed E-state index contributed by atoms with van der Waals surface area (Å²) in [6.07, 6.45) is 0. The minimum Gasteiger partial charge on any atom is -0.492 e. The van der Waals surface area contributed by atoms with E-state index in [0.717, 1.165) is 12.1 Å². The third-order valence-electron chi connectivity index (χ3n) is 2.23. The zero-order valence-electron chi connectivity index (χ0n) is 9.86. The van der Waals surface area contributed by atoms with Gasteiger partial charge in [-0.2, -0.15) is 0 Å². The van der Waals surface area contributed by atoms with E-state index < -0.39 is 5.97 Å². The Morgan fingerprint density at radius 3 is 2.69 bits per heavy atom. The molecule has 88 valence electrons. The number of aryl methyl sites for hydroxylation is 1. The summed E-state index contributed by atoms with van der Waals surface area (Å²) in [5.41, 5.74) is 1.20. The maximum atomic E-state index is 10.8. The molecule has 0 unspecified atom stereocenters. The van der Waals surface area contributed by atoms with Gasteiger partial charge in [0.1, 0.15) is 12.4 Å². The van der Waals surface area contributed by atoms with Gasteiger partial charge < -0.3 is 14.7 Å². The van der Waals surface area contributed by atoms with Gasteiger partial charge in [-0.05, 0) is 38.7 Å². The molecule has 0 fully saturated rings. The number of likely N-dealkylation sites (N-methyl/N-ethyl adjacent to an activating group) is 1. The van der Waals surface area contributed by atoms with Crippen LogP contribution in [-0.2, 0) is 0 Å². The lowest BCUT2D eigenvalue weighted by atomic mass is 10.1. The fraction of sp³-hybridized carbons (Fsp3) is 0.417. The average Bonchev–Trinajstić information content (AvgIpc) is 2.20. The van der Waals surface area contributed by atoms with Crippen molar-refractivity contribution in [3.05, 3.63) is 29.3 Å². The van der Waals surface area contributed by atoms with Gasteiger partial charge in [0.2, 0.25) is 0 Å². The number of aromatic carboxylic acids is 1. The second kappa shape index (κ2) is 5.51. The van der Waals surface area contributed by atoms with Gasteiger partial charge in [-0.3, -0.25) is 0 Å². The number of hydrogen-bond acceptors (Lipinski definition) is 3. The number of ether oxygens (including phenoxy) is 1. The van der Waals surface area contributed by atoms with E-state index in [4.69, 9.17) is 9.84 Å². The smallest absolute Gasteiger partial charge is 0.335 e. The third-order valence-corrected chi connectivity index (χ3v) is 2.23. The Balaban J connectivity index is 2.70. The first-order valence-electron chi connectivity index (χ1n) is 5.12. The van der Waals surface area contributed by atoms with Crippen LogP contribution in [0.4, 0.5) is 0 Å². The topological polar surface area (TPSA) is 49.8 Å². The van der Waals surface area contributed by atoms with E-state index in [-0.39, 0.29) is 5.56 Å². The predicted octanol–water partition coefficient (Wildman–Crippen LogP) is 1.63. The minimum absolute atomic E-state index is 0.255. The Labute approximate surface area is 95.5 Å². The van der Waals surface area contributed by atoms with Crippen molar-refractivity contribution in [3.63, 3.8) is 0 Å². The van der Waals surface area contributed by atoms with Crippen molar-refractivity contribution in [2.45, 2.75) is 6.92 Å². The lowest BCUT2D eigenvalue weighted by molar-refractivity contribution is 0.0696. The van der Waals surface area contributed by atoms with Gasteiger partial charge in [0.05, 0.1) is 5.56 Å². The number of carboxylic acids is 1. The second-order valence-corrected chi connectivity index (χ2v) is 3.94. The summed E-state index contributed by atoms with van der Waals surface area (Å²) in [7, 11) is 3.92. The summed E-state index contributed by atoms with van der Waals surface area (Å²) in [6.45, 7) is 3.25. The minimum atomic E-state index is -0.933. The van der Waals surface area contributed by atoms with Gasteiger partial charge in [-0.1, -0.05) is 6.07 Å². The van der Waals surface area contributed by atoms with Gasteiger partial charge in [-0.25, -0.2) is 4.79 Å². The van der Waals surface area contributed by atoms with Crippen LogP contribution in [0.3, 0.4) is 0 Å². The van der Waals surface area contributed by atoms with Gasteiger partial charge in [0.15, 0.2) is 0 Å². The molecule has 0 saturated carbocycles. The molecular weight excluding hydrogens is 206 g/mol. The summed E-state index contributed by atoms with van der Waals surface area (Å²) in [5.74, 6) is -0.292. The fourth-order valence-electron chi connectivity index (χ4n) is 1.23. The van der Waals surface area contributed by atoms with E-state index in [0.29, 0.717) is 12.4 Å². The first kappa shape index (κ1) is 12.5. The first-order chi connectivity index (χ1) is 7.50. The highest BCUT2D eigenvalue weighted by molar-refractivity contribution is 5.88. The molecule has 1 aromatic carbocycles. The maximum absolute atomic E-state index is 10.8. The van der Waals surface area contributed by atoms with Gasteiger partial charge >= 0.3 is 5.97 Å². The van der Waals surface area contributed by atoms with Crippen LogP contribution in [0, 0.1) is 6.92 Å². The number of carboxylic acid groups (broad SMARTS) is 1.